The first-order valence-electron chi connectivity index (χ1n) is 7.60. The average Bonchev–Trinajstić information content (AvgIpc) is 2.50. The predicted molar refractivity (Wildman–Crippen MR) is 89.3 cm³/mol. The van der Waals surface area contributed by atoms with Crippen LogP contribution in [0.1, 0.15) is 29.6 Å². The van der Waals surface area contributed by atoms with Crippen molar-refractivity contribution in [3.63, 3.8) is 0 Å². The Morgan fingerprint density at radius 1 is 1.23 bits per heavy atom. The number of amides is 1. The maximum atomic E-state index is 12.8. The molecule has 1 saturated carbocycles. The van der Waals surface area contributed by atoms with Gasteiger partial charge in [-0.3, -0.25) is 4.79 Å². The highest BCUT2D eigenvalue weighted by Gasteiger charge is 2.38. The van der Waals surface area contributed by atoms with Gasteiger partial charge in [0.2, 0.25) is 0 Å². The maximum Gasteiger partial charge on any atom is 0.254 e. The molecule has 1 fully saturated rings. The summed E-state index contributed by atoms with van der Waals surface area (Å²) in [6.07, 6.45) is 3.11. The van der Waals surface area contributed by atoms with E-state index in [9.17, 15) is 9.90 Å². The van der Waals surface area contributed by atoms with Crippen molar-refractivity contribution in [2.45, 2.75) is 19.3 Å². The summed E-state index contributed by atoms with van der Waals surface area (Å²) in [6, 6.07) is 11.2. The highest BCUT2D eigenvalue weighted by atomic mass is 35.5. The number of rotatable bonds is 4. The largest absolute Gasteiger partial charge is 0.396 e. The molecule has 3 nitrogen and oxygen atoms in total. The number of halogens is 1. The van der Waals surface area contributed by atoms with Crippen LogP contribution >= 0.6 is 11.6 Å². The van der Waals surface area contributed by atoms with Crippen molar-refractivity contribution in [3.8, 4) is 0 Å². The lowest BCUT2D eigenvalue weighted by Crippen LogP contribution is -2.45. The third kappa shape index (κ3) is 2.59. The summed E-state index contributed by atoms with van der Waals surface area (Å²) in [5, 5.41) is 12.0. The zero-order valence-electron chi connectivity index (χ0n) is 12.7. The Morgan fingerprint density at radius 3 is 2.55 bits per heavy atom. The molecule has 0 spiro atoms. The standard InChI is InChI=1S/C18H20ClNO2/c1-20(11-18(12-21)9-4-10-18)17(22)15-7-2-6-14-13(15)5-3-8-16(14)19/h2-3,5-8,21H,4,9-12H2,1H3. The van der Waals surface area contributed by atoms with Gasteiger partial charge in [0.25, 0.3) is 5.91 Å². The van der Waals surface area contributed by atoms with Gasteiger partial charge in [-0.15, -0.1) is 0 Å². The second-order valence-corrected chi connectivity index (χ2v) is 6.72. The van der Waals surface area contributed by atoms with Gasteiger partial charge < -0.3 is 10.0 Å². The van der Waals surface area contributed by atoms with Gasteiger partial charge in [-0.2, -0.15) is 0 Å². The number of benzene rings is 2. The minimum Gasteiger partial charge on any atom is -0.396 e. The maximum absolute atomic E-state index is 12.8. The van der Waals surface area contributed by atoms with E-state index in [1.54, 1.807) is 11.9 Å². The van der Waals surface area contributed by atoms with E-state index in [2.05, 4.69) is 0 Å². The molecule has 1 aliphatic rings. The number of aliphatic hydroxyl groups is 1. The van der Waals surface area contributed by atoms with Crippen LogP contribution in [0.25, 0.3) is 10.8 Å². The Kier molecular flexibility index (Phi) is 4.11. The molecule has 2 aromatic rings. The summed E-state index contributed by atoms with van der Waals surface area (Å²) in [6.45, 7) is 0.741. The smallest absolute Gasteiger partial charge is 0.254 e. The molecule has 0 unspecified atom stereocenters. The molecule has 22 heavy (non-hydrogen) atoms. The molecule has 0 saturated heterocycles. The number of fused-ring (bicyclic) bond motifs is 1. The number of hydrogen-bond acceptors (Lipinski definition) is 2. The van der Waals surface area contributed by atoms with Crippen LogP contribution in [0, 0.1) is 5.41 Å². The first-order chi connectivity index (χ1) is 10.6. The van der Waals surface area contributed by atoms with E-state index in [4.69, 9.17) is 11.6 Å². The molecule has 0 aromatic heterocycles. The molecule has 0 radical (unpaired) electrons. The van der Waals surface area contributed by atoms with Gasteiger partial charge in [0, 0.05) is 35.0 Å². The lowest BCUT2D eigenvalue weighted by molar-refractivity contribution is 0.0147. The van der Waals surface area contributed by atoms with Crippen molar-refractivity contribution in [2.24, 2.45) is 5.41 Å². The van der Waals surface area contributed by atoms with Crippen molar-refractivity contribution < 1.29 is 9.90 Å². The lowest BCUT2D eigenvalue weighted by Gasteiger charge is -2.42. The van der Waals surface area contributed by atoms with Crippen LogP contribution in [0.4, 0.5) is 0 Å². The number of hydrogen-bond donors (Lipinski definition) is 1. The summed E-state index contributed by atoms with van der Waals surface area (Å²) in [7, 11) is 1.81. The Balaban J connectivity index is 1.90. The van der Waals surface area contributed by atoms with Crippen molar-refractivity contribution in [1.29, 1.82) is 0 Å². The molecular weight excluding hydrogens is 298 g/mol. The zero-order chi connectivity index (χ0) is 15.7. The second kappa shape index (κ2) is 5.90. The molecule has 2 aromatic carbocycles. The molecule has 0 aliphatic heterocycles. The summed E-state index contributed by atoms with van der Waals surface area (Å²) < 4.78 is 0. The number of nitrogens with zero attached hydrogens (tertiary/aromatic N) is 1. The van der Waals surface area contributed by atoms with E-state index < -0.39 is 0 Å². The number of carbonyl (C=O) groups excluding carboxylic acids is 1. The molecule has 1 N–H and O–H groups in total. The van der Waals surface area contributed by atoms with Crippen LogP contribution in [0.5, 0.6) is 0 Å². The van der Waals surface area contributed by atoms with Crippen LogP contribution in [0.2, 0.25) is 5.02 Å². The van der Waals surface area contributed by atoms with E-state index in [-0.39, 0.29) is 17.9 Å². The minimum absolute atomic E-state index is 0.0207. The molecule has 116 valence electrons. The summed E-state index contributed by atoms with van der Waals surface area (Å²) in [5.74, 6) is -0.0207. The van der Waals surface area contributed by atoms with Crippen molar-refractivity contribution in [3.05, 3.63) is 47.0 Å². The van der Waals surface area contributed by atoms with Crippen LogP contribution in [0.15, 0.2) is 36.4 Å². The molecule has 0 atom stereocenters. The fraction of sp³-hybridized carbons (Fsp3) is 0.389. The predicted octanol–water partition coefficient (Wildman–Crippen LogP) is 3.73. The monoisotopic (exact) mass is 317 g/mol. The van der Waals surface area contributed by atoms with Gasteiger partial charge in [0.1, 0.15) is 0 Å². The molecule has 3 rings (SSSR count). The molecule has 1 aliphatic carbocycles. The minimum atomic E-state index is -0.105. The van der Waals surface area contributed by atoms with Crippen LogP contribution < -0.4 is 0 Å². The Hall–Kier alpha value is -1.58. The van der Waals surface area contributed by atoms with Gasteiger partial charge >= 0.3 is 0 Å². The molecular formula is C18H20ClNO2. The van der Waals surface area contributed by atoms with E-state index >= 15 is 0 Å². The summed E-state index contributed by atoms with van der Waals surface area (Å²) in [4.78, 5) is 14.5. The van der Waals surface area contributed by atoms with Crippen molar-refractivity contribution in [1.82, 2.24) is 4.90 Å². The molecule has 0 bridgehead atoms. The first-order valence-corrected chi connectivity index (χ1v) is 7.98. The number of aliphatic hydroxyl groups excluding tert-OH is 1. The summed E-state index contributed by atoms with van der Waals surface area (Å²) >= 11 is 6.22. The highest BCUT2D eigenvalue weighted by Crippen LogP contribution is 2.41. The first kappa shape index (κ1) is 15.3. The zero-order valence-corrected chi connectivity index (χ0v) is 13.4. The quantitative estimate of drug-likeness (QED) is 0.933. The molecule has 4 heteroatoms. The molecule has 1 amide bonds. The average molecular weight is 318 g/mol. The topological polar surface area (TPSA) is 40.5 Å². The van der Waals surface area contributed by atoms with Crippen LogP contribution in [0.3, 0.4) is 0 Å². The third-order valence-electron chi connectivity index (χ3n) is 4.77. The van der Waals surface area contributed by atoms with Gasteiger partial charge in [-0.05, 0) is 30.4 Å². The second-order valence-electron chi connectivity index (χ2n) is 6.31. The summed E-state index contributed by atoms with van der Waals surface area (Å²) in [5.41, 5.74) is 0.557. The van der Waals surface area contributed by atoms with Gasteiger partial charge in [0.05, 0.1) is 6.61 Å². The highest BCUT2D eigenvalue weighted by molar-refractivity contribution is 6.36. The van der Waals surface area contributed by atoms with Gasteiger partial charge in [0.15, 0.2) is 0 Å². The van der Waals surface area contributed by atoms with Crippen molar-refractivity contribution >= 4 is 28.3 Å². The Labute approximate surface area is 135 Å². The molecule has 0 heterocycles. The van der Waals surface area contributed by atoms with Gasteiger partial charge in [-0.25, -0.2) is 0 Å². The Morgan fingerprint density at radius 2 is 1.91 bits per heavy atom. The number of carbonyl (C=O) groups is 1. The van der Waals surface area contributed by atoms with Gasteiger partial charge in [-0.1, -0.05) is 42.3 Å². The van der Waals surface area contributed by atoms with Crippen molar-refractivity contribution in [2.75, 3.05) is 20.2 Å². The Bertz CT molecular complexity index is 704. The SMILES string of the molecule is CN(CC1(CO)CCC1)C(=O)c1cccc2c(Cl)cccc12. The third-order valence-corrected chi connectivity index (χ3v) is 5.10. The lowest BCUT2D eigenvalue weighted by atomic mass is 9.69. The van der Waals surface area contributed by atoms with E-state index in [1.807, 2.05) is 36.4 Å². The van der Waals surface area contributed by atoms with Crippen LogP contribution in [-0.4, -0.2) is 36.1 Å². The van der Waals surface area contributed by atoms with Crippen LogP contribution in [-0.2, 0) is 0 Å². The normalized spacial score (nSPS) is 16.3. The fourth-order valence-corrected chi connectivity index (χ4v) is 3.52. The van der Waals surface area contributed by atoms with E-state index in [0.29, 0.717) is 17.1 Å². The van der Waals surface area contributed by atoms with E-state index in [1.165, 1.54) is 0 Å². The fourth-order valence-electron chi connectivity index (χ4n) is 3.28. The van der Waals surface area contributed by atoms with E-state index in [0.717, 1.165) is 30.0 Å².